The number of thiophene rings is 2. The maximum Gasteiger partial charge on any atom is 0.333 e. The average Bonchev–Trinajstić information content (AvgIpc) is 3.70. The van der Waals surface area contributed by atoms with E-state index in [1.165, 1.54) is 23.8 Å². The van der Waals surface area contributed by atoms with E-state index < -0.39 is 5.97 Å². The molecule has 0 radical (unpaired) electrons. The van der Waals surface area contributed by atoms with Crippen molar-refractivity contribution in [3.8, 4) is 31.7 Å². The van der Waals surface area contributed by atoms with E-state index in [0.717, 1.165) is 90.1 Å². The van der Waals surface area contributed by atoms with Crippen molar-refractivity contribution >= 4 is 46.4 Å². The molecule has 1 N–H and O–H groups in total. The fourth-order valence-corrected chi connectivity index (χ4v) is 8.18. The maximum absolute atomic E-state index is 11.6. The molecule has 0 bridgehead atoms. The number of ether oxygens (including phenoxy) is 2. The first-order valence-electron chi connectivity index (χ1n) is 15.9. The molecule has 0 saturated heterocycles. The number of aliphatic carboxylic acids is 1. The molecular formula is C40H35NO4S2. The van der Waals surface area contributed by atoms with Crippen LogP contribution in [0.1, 0.15) is 59.7 Å². The summed E-state index contributed by atoms with van der Waals surface area (Å²) in [6, 6.07) is 31.5. The van der Waals surface area contributed by atoms with Crippen LogP contribution in [0.15, 0.2) is 96.7 Å². The first kappa shape index (κ1) is 32.1. The lowest BCUT2D eigenvalue weighted by atomic mass is 9.95. The van der Waals surface area contributed by atoms with Crippen LogP contribution in [-0.2, 0) is 11.2 Å². The summed E-state index contributed by atoms with van der Waals surface area (Å²) < 4.78 is 12.5. The summed E-state index contributed by atoms with van der Waals surface area (Å²) in [4.78, 5) is 18.6. The fourth-order valence-electron chi connectivity index (χ4n) is 5.67. The average molecular weight is 658 g/mol. The van der Waals surface area contributed by atoms with Gasteiger partial charge in [-0.15, -0.1) is 22.7 Å². The van der Waals surface area contributed by atoms with Crippen LogP contribution in [0.3, 0.4) is 0 Å². The van der Waals surface area contributed by atoms with Crippen LogP contribution in [0.4, 0.5) is 0 Å². The lowest BCUT2D eigenvalue weighted by Gasteiger charge is -2.17. The molecule has 3 aromatic carbocycles. The van der Waals surface area contributed by atoms with Crippen molar-refractivity contribution in [1.82, 2.24) is 0 Å². The van der Waals surface area contributed by atoms with Gasteiger partial charge in [0.05, 0.1) is 21.2 Å². The quantitative estimate of drug-likeness (QED) is 0.0628. The Kier molecular flexibility index (Phi) is 10.3. The Morgan fingerprint density at radius 1 is 0.809 bits per heavy atom. The van der Waals surface area contributed by atoms with Crippen molar-refractivity contribution in [2.24, 2.45) is 0 Å². The van der Waals surface area contributed by atoms with Gasteiger partial charge in [-0.25, -0.2) is 4.85 Å². The van der Waals surface area contributed by atoms with E-state index in [0.29, 0.717) is 13.2 Å². The number of fused-ring (bicyclic) bond motifs is 1. The summed E-state index contributed by atoms with van der Waals surface area (Å²) in [7, 11) is 0. The zero-order chi connectivity index (χ0) is 32.6. The maximum atomic E-state index is 11.6. The number of benzene rings is 3. The molecule has 7 heteroatoms. The van der Waals surface area contributed by atoms with E-state index in [9.17, 15) is 9.90 Å². The third-order valence-corrected chi connectivity index (χ3v) is 10.5. The first-order valence-corrected chi connectivity index (χ1v) is 17.5. The molecule has 0 amide bonds. The fraction of sp³-hybridized carbons (Fsp3) is 0.200. The van der Waals surface area contributed by atoms with Crippen molar-refractivity contribution in [2.75, 3.05) is 13.2 Å². The van der Waals surface area contributed by atoms with Gasteiger partial charge in [-0.3, -0.25) is 4.79 Å². The Hall–Kier alpha value is -4.90. The van der Waals surface area contributed by atoms with Gasteiger partial charge in [-0.1, -0.05) is 111 Å². The highest BCUT2D eigenvalue weighted by molar-refractivity contribution is 7.25. The van der Waals surface area contributed by atoms with Crippen LogP contribution < -0.4 is 9.47 Å². The summed E-state index contributed by atoms with van der Waals surface area (Å²) in [6.07, 6.45) is 9.06. The van der Waals surface area contributed by atoms with Gasteiger partial charge in [0.1, 0.15) is 13.2 Å². The molecule has 0 fully saturated rings. The van der Waals surface area contributed by atoms with Crippen molar-refractivity contribution in [1.29, 1.82) is 0 Å². The number of unbranched alkanes of at least 4 members (excludes halogenated alkanes) is 3. The standard InChI is InChI=1S/C40H35NO4S2/c1-3-4-5-8-17-31-25-32(26-34(41-2)40(42)43)46-38(31)39-36-35(44-22-23-45-36)37(47-39)30-20-18-27(19-21-30)24-33(28-13-9-6-10-14-28)29-15-11-7-12-16-29/h6-7,9-16,18-21,24-26H,3-5,8,17,22-23H2,1H3,(H,42,43). The molecule has 47 heavy (non-hydrogen) atoms. The Morgan fingerprint density at radius 2 is 1.45 bits per heavy atom. The molecule has 0 spiro atoms. The van der Waals surface area contributed by atoms with Gasteiger partial charge < -0.3 is 14.6 Å². The minimum atomic E-state index is -1.22. The van der Waals surface area contributed by atoms with E-state index in [1.807, 2.05) is 18.2 Å². The van der Waals surface area contributed by atoms with Crippen LogP contribution in [0.2, 0.25) is 0 Å². The van der Waals surface area contributed by atoms with Crippen molar-refractivity contribution in [3.05, 3.63) is 135 Å². The first-order chi connectivity index (χ1) is 23.1. The summed E-state index contributed by atoms with van der Waals surface area (Å²) in [5.74, 6) is 0.278. The SMILES string of the molecule is [C-]#[N+]C(=Cc1cc(CCCCCC)c(-c2sc(-c3ccc(C=C(c4ccccc4)c4ccccc4)cc3)c3c2OCCO3)s1)C(=O)O. The Balaban J connectivity index is 1.38. The predicted octanol–water partition coefficient (Wildman–Crippen LogP) is 11.0. The van der Waals surface area contributed by atoms with E-state index in [1.54, 1.807) is 11.3 Å². The number of hydrogen-bond donors (Lipinski definition) is 1. The molecule has 0 aliphatic carbocycles. The zero-order valence-corrected chi connectivity index (χ0v) is 27.8. The predicted molar refractivity (Wildman–Crippen MR) is 194 cm³/mol. The van der Waals surface area contributed by atoms with Gasteiger partial charge in [0.15, 0.2) is 11.5 Å². The number of hydrogen-bond acceptors (Lipinski definition) is 5. The van der Waals surface area contributed by atoms with Crippen molar-refractivity contribution in [3.63, 3.8) is 0 Å². The Bertz CT molecular complexity index is 1900. The van der Waals surface area contributed by atoms with Crippen LogP contribution >= 0.6 is 22.7 Å². The van der Waals surface area contributed by atoms with Gasteiger partial charge in [-0.05, 0) is 64.5 Å². The van der Waals surface area contributed by atoms with Crippen LogP contribution in [0.25, 0.3) is 42.8 Å². The summed E-state index contributed by atoms with van der Waals surface area (Å²) in [5.41, 5.74) is 6.47. The number of carboxylic acids is 1. The molecule has 2 aromatic heterocycles. The highest BCUT2D eigenvalue weighted by atomic mass is 32.1. The Morgan fingerprint density at radius 3 is 2.04 bits per heavy atom. The van der Waals surface area contributed by atoms with E-state index in [-0.39, 0.29) is 5.70 Å². The van der Waals surface area contributed by atoms with E-state index in [2.05, 4.69) is 90.6 Å². The molecule has 0 unspecified atom stereocenters. The highest BCUT2D eigenvalue weighted by Gasteiger charge is 2.28. The molecule has 6 rings (SSSR count). The minimum absolute atomic E-state index is 0.291. The molecule has 5 aromatic rings. The van der Waals surface area contributed by atoms with E-state index in [4.69, 9.17) is 16.0 Å². The van der Waals surface area contributed by atoms with Crippen LogP contribution in [0.5, 0.6) is 11.5 Å². The van der Waals surface area contributed by atoms with Gasteiger partial charge >= 0.3 is 5.97 Å². The van der Waals surface area contributed by atoms with Gasteiger partial charge in [0, 0.05) is 4.88 Å². The molecular weight excluding hydrogens is 623 g/mol. The summed E-state index contributed by atoms with van der Waals surface area (Å²) >= 11 is 3.15. The topological polar surface area (TPSA) is 60.1 Å². The molecule has 1 aliphatic heterocycles. The van der Waals surface area contributed by atoms with Gasteiger partial charge in [0.2, 0.25) is 0 Å². The number of carbonyl (C=O) groups is 1. The monoisotopic (exact) mass is 657 g/mol. The molecule has 3 heterocycles. The second-order valence-electron chi connectivity index (χ2n) is 11.3. The summed E-state index contributed by atoms with van der Waals surface area (Å²) in [6.45, 7) is 10.5. The Labute approximate surface area is 283 Å². The zero-order valence-electron chi connectivity index (χ0n) is 26.2. The van der Waals surface area contributed by atoms with Gasteiger partial charge in [-0.2, -0.15) is 0 Å². The van der Waals surface area contributed by atoms with E-state index >= 15 is 0 Å². The third kappa shape index (κ3) is 7.41. The van der Waals surface area contributed by atoms with Crippen molar-refractivity contribution < 1.29 is 19.4 Å². The molecule has 236 valence electrons. The largest absolute Gasteiger partial charge is 0.486 e. The van der Waals surface area contributed by atoms with Crippen LogP contribution in [0, 0.1) is 6.57 Å². The number of rotatable bonds is 12. The lowest BCUT2D eigenvalue weighted by Crippen LogP contribution is -2.14. The van der Waals surface area contributed by atoms with Gasteiger partial charge in [0.25, 0.3) is 5.70 Å². The smallest absolute Gasteiger partial charge is 0.333 e. The normalized spacial score (nSPS) is 12.4. The summed E-state index contributed by atoms with van der Waals surface area (Å²) in [5, 5.41) is 9.48. The number of nitrogens with zero attached hydrogens (tertiary/aromatic N) is 1. The second kappa shape index (κ2) is 15.1. The molecule has 0 atom stereocenters. The van der Waals surface area contributed by atoms with Crippen molar-refractivity contribution in [2.45, 2.75) is 39.0 Å². The van der Waals surface area contributed by atoms with Crippen LogP contribution in [-0.4, -0.2) is 24.3 Å². The highest BCUT2D eigenvalue weighted by Crippen LogP contribution is 2.55. The molecule has 1 aliphatic rings. The minimum Gasteiger partial charge on any atom is -0.486 e. The third-order valence-electron chi connectivity index (χ3n) is 8.00. The lowest BCUT2D eigenvalue weighted by molar-refractivity contribution is -0.132. The molecule has 5 nitrogen and oxygen atoms in total. The molecule has 0 saturated carbocycles. The number of carboxylic acid groups (broad SMARTS) is 1. The number of aryl methyl sites for hydroxylation is 1. The second-order valence-corrected chi connectivity index (χ2v) is 13.4.